The molecule has 0 aliphatic rings. The van der Waals surface area contributed by atoms with E-state index >= 15 is 0 Å². The Morgan fingerprint density at radius 2 is 1.57 bits per heavy atom. The second-order valence-corrected chi connectivity index (χ2v) is 8.72. The summed E-state index contributed by atoms with van der Waals surface area (Å²) in [6.45, 7) is 9.31. The van der Waals surface area contributed by atoms with E-state index in [0.717, 1.165) is 39.5 Å². The number of imidazole rings is 1. The quantitative estimate of drug-likeness (QED) is 0.397. The van der Waals surface area contributed by atoms with E-state index in [0.29, 0.717) is 6.61 Å². The van der Waals surface area contributed by atoms with E-state index < -0.39 is 0 Å². The van der Waals surface area contributed by atoms with Gasteiger partial charge in [0, 0.05) is 17.3 Å². The fourth-order valence-electron chi connectivity index (χ4n) is 3.45. The van der Waals surface area contributed by atoms with Crippen LogP contribution in [0.5, 0.6) is 5.75 Å². The third-order valence-corrected chi connectivity index (χ3v) is 5.31. The molecule has 0 radical (unpaired) electrons. The van der Waals surface area contributed by atoms with Crippen LogP contribution in [0.1, 0.15) is 37.5 Å². The molecule has 0 fully saturated rings. The summed E-state index contributed by atoms with van der Waals surface area (Å²) >= 11 is 0. The summed E-state index contributed by atoms with van der Waals surface area (Å²) in [6, 6.07) is 25.1. The van der Waals surface area contributed by atoms with Gasteiger partial charge in [0.15, 0.2) is 0 Å². The molecule has 0 saturated carbocycles. The fraction of sp³-hybridized carbons (Fsp3) is 0.222. The molecule has 4 aromatic rings. The molecule has 30 heavy (non-hydrogen) atoms. The summed E-state index contributed by atoms with van der Waals surface area (Å²) < 4.78 is 6.00. The number of benzene rings is 3. The number of aryl methyl sites for hydroxylation is 1. The van der Waals surface area contributed by atoms with Crippen molar-refractivity contribution in [2.24, 2.45) is 0 Å². The summed E-state index contributed by atoms with van der Waals surface area (Å²) in [5, 5.41) is 0. The van der Waals surface area contributed by atoms with Crippen molar-refractivity contribution < 1.29 is 4.74 Å². The highest BCUT2D eigenvalue weighted by Crippen LogP contribution is 2.29. The lowest BCUT2D eigenvalue weighted by atomic mass is 9.87. The van der Waals surface area contributed by atoms with Gasteiger partial charge in [-0.3, -0.25) is 0 Å². The van der Waals surface area contributed by atoms with Crippen LogP contribution in [0.4, 0.5) is 0 Å². The lowest BCUT2D eigenvalue weighted by molar-refractivity contribution is 0.304. The molecule has 0 atom stereocenters. The topological polar surface area (TPSA) is 37.9 Å². The van der Waals surface area contributed by atoms with E-state index in [1.165, 1.54) is 5.56 Å². The highest BCUT2D eigenvalue weighted by atomic mass is 16.5. The number of nitrogens with zero attached hydrogens (tertiary/aromatic N) is 1. The molecule has 1 aromatic heterocycles. The van der Waals surface area contributed by atoms with Crippen molar-refractivity contribution in [1.82, 2.24) is 9.97 Å². The van der Waals surface area contributed by atoms with Gasteiger partial charge in [0.2, 0.25) is 0 Å². The van der Waals surface area contributed by atoms with Crippen LogP contribution >= 0.6 is 0 Å². The van der Waals surface area contributed by atoms with Crippen LogP contribution in [0.15, 0.2) is 79.0 Å². The Morgan fingerprint density at radius 1 is 0.867 bits per heavy atom. The number of rotatable bonds is 5. The number of ether oxygens (including phenoxy) is 1. The zero-order valence-electron chi connectivity index (χ0n) is 18.1. The Hall–Kier alpha value is -3.33. The Labute approximate surface area is 178 Å². The lowest BCUT2D eigenvalue weighted by Crippen LogP contribution is -2.10. The fourth-order valence-corrected chi connectivity index (χ4v) is 3.45. The highest BCUT2D eigenvalue weighted by Gasteiger charge is 2.14. The predicted molar refractivity (Wildman–Crippen MR) is 124 cm³/mol. The van der Waals surface area contributed by atoms with Crippen LogP contribution in [0.3, 0.4) is 0 Å². The largest absolute Gasteiger partial charge is 0.489 e. The normalized spacial score (nSPS) is 11.5. The van der Waals surface area contributed by atoms with E-state index in [1.807, 2.05) is 30.5 Å². The average Bonchev–Trinajstić information content (AvgIpc) is 3.23. The average molecular weight is 397 g/mol. The van der Waals surface area contributed by atoms with Crippen LogP contribution in [-0.2, 0) is 12.0 Å². The van der Waals surface area contributed by atoms with Crippen molar-refractivity contribution in [3.05, 3.63) is 95.7 Å². The maximum atomic E-state index is 6.00. The lowest BCUT2D eigenvalue weighted by Gasteiger charge is -2.18. The Bertz CT molecular complexity index is 1120. The standard InChI is InChI=1S/C27H28N2O/c1-19-16-22(12-15-25(19)30-18-20-8-6-5-7-9-20)24-17-28-26(29-24)21-10-13-23(14-11-21)27(2,3)4/h5-17H,18H2,1-4H3,(H,28,29). The predicted octanol–water partition coefficient (Wildman–Crippen LogP) is 6.93. The van der Waals surface area contributed by atoms with E-state index in [2.05, 4.69) is 81.2 Å². The van der Waals surface area contributed by atoms with Crippen molar-refractivity contribution in [3.63, 3.8) is 0 Å². The maximum absolute atomic E-state index is 6.00. The zero-order valence-corrected chi connectivity index (χ0v) is 18.1. The molecule has 152 valence electrons. The van der Waals surface area contributed by atoms with Gasteiger partial charge in [-0.2, -0.15) is 0 Å². The number of H-pyrrole nitrogens is 1. The number of aromatic amines is 1. The van der Waals surface area contributed by atoms with E-state index in [4.69, 9.17) is 9.72 Å². The van der Waals surface area contributed by atoms with Gasteiger partial charge in [0.25, 0.3) is 0 Å². The van der Waals surface area contributed by atoms with Gasteiger partial charge in [-0.05, 0) is 47.2 Å². The van der Waals surface area contributed by atoms with Crippen molar-refractivity contribution in [3.8, 4) is 28.4 Å². The molecule has 1 N–H and O–H groups in total. The Balaban J connectivity index is 1.50. The highest BCUT2D eigenvalue weighted by molar-refractivity contribution is 5.66. The number of hydrogen-bond acceptors (Lipinski definition) is 2. The van der Waals surface area contributed by atoms with Crippen LogP contribution in [0, 0.1) is 6.92 Å². The molecule has 4 rings (SSSR count). The summed E-state index contributed by atoms with van der Waals surface area (Å²) in [7, 11) is 0. The number of aromatic nitrogens is 2. The zero-order chi connectivity index (χ0) is 21.1. The Kier molecular flexibility index (Phi) is 5.45. The molecule has 0 bridgehead atoms. The first-order valence-corrected chi connectivity index (χ1v) is 10.3. The summed E-state index contributed by atoms with van der Waals surface area (Å²) in [6.07, 6.45) is 1.96. The van der Waals surface area contributed by atoms with Gasteiger partial charge in [0.1, 0.15) is 18.2 Å². The third kappa shape index (κ3) is 4.46. The first kappa shape index (κ1) is 20.0. The summed E-state index contributed by atoms with van der Waals surface area (Å²) in [5.41, 5.74) is 6.83. The van der Waals surface area contributed by atoms with Crippen LogP contribution in [-0.4, -0.2) is 9.97 Å². The third-order valence-electron chi connectivity index (χ3n) is 5.31. The van der Waals surface area contributed by atoms with Gasteiger partial charge < -0.3 is 9.72 Å². The van der Waals surface area contributed by atoms with Crippen LogP contribution < -0.4 is 4.74 Å². The van der Waals surface area contributed by atoms with Crippen LogP contribution in [0.2, 0.25) is 0 Å². The summed E-state index contributed by atoms with van der Waals surface area (Å²) in [4.78, 5) is 8.13. The smallest absolute Gasteiger partial charge is 0.138 e. The molecule has 0 spiro atoms. The number of hydrogen-bond donors (Lipinski definition) is 1. The van der Waals surface area contributed by atoms with Gasteiger partial charge in [-0.1, -0.05) is 75.4 Å². The maximum Gasteiger partial charge on any atom is 0.138 e. The minimum Gasteiger partial charge on any atom is -0.489 e. The SMILES string of the molecule is Cc1cc(-c2c[nH]c(-c3ccc(C(C)(C)C)cc3)n2)ccc1OCc1ccccc1. The molecule has 3 heteroatoms. The molecule has 0 aliphatic heterocycles. The molecule has 0 aliphatic carbocycles. The molecule has 1 heterocycles. The summed E-state index contributed by atoms with van der Waals surface area (Å²) in [5.74, 6) is 1.78. The Morgan fingerprint density at radius 3 is 2.23 bits per heavy atom. The van der Waals surface area contributed by atoms with Crippen molar-refractivity contribution in [2.45, 2.75) is 39.7 Å². The molecule has 0 saturated heterocycles. The molecule has 3 aromatic carbocycles. The molecule has 0 unspecified atom stereocenters. The first-order valence-electron chi connectivity index (χ1n) is 10.3. The molecule has 0 amide bonds. The van der Waals surface area contributed by atoms with E-state index in [9.17, 15) is 0 Å². The van der Waals surface area contributed by atoms with E-state index in [1.54, 1.807) is 0 Å². The van der Waals surface area contributed by atoms with Gasteiger partial charge >= 0.3 is 0 Å². The van der Waals surface area contributed by atoms with Gasteiger partial charge in [0.05, 0.1) is 5.69 Å². The van der Waals surface area contributed by atoms with Crippen molar-refractivity contribution >= 4 is 0 Å². The molecule has 3 nitrogen and oxygen atoms in total. The second kappa shape index (κ2) is 8.19. The second-order valence-electron chi connectivity index (χ2n) is 8.72. The van der Waals surface area contributed by atoms with Crippen molar-refractivity contribution in [1.29, 1.82) is 0 Å². The van der Waals surface area contributed by atoms with Gasteiger partial charge in [-0.25, -0.2) is 4.98 Å². The van der Waals surface area contributed by atoms with E-state index in [-0.39, 0.29) is 5.41 Å². The minimum absolute atomic E-state index is 0.148. The number of nitrogens with one attached hydrogen (secondary N) is 1. The van der Waals surface area contributed by atoms with Crippen molar-refractivity contribution in [2.75, 3.05) is 0 Å². The molecular weight excluding hydrogens is 368 g/mol. The molecular formula is C27H28N2O. The van der Waals surface area contributed by atoms with Crippen LogP contribution in [0.25, 0.3) is 22.6 Å². The van der Waals surface area contributed by atoms with Gasteiger partial charge in [-0.15, -0.1) is 0 Å². The first-order chi connectivity index (χ1) is 14.4. The minimum atomic E-state index is 0.148. The monoisotopic (exact) mass is 396 g/mol.